The van der Waals surface area contributed by atoms with Crippen LogP contribution in [-0.2, 0) is 19.2 Å². The number of hydrogen-bond donors (Lipinski definition) is 9. The molecule has 0 aromatic rings. The number of aliphatic carboxylic acids is 1. The van der Waals surface area contributed by atoms with E-state index in [9.17, 15) is 24.3 Å². The van der Waals surface area contributed by atoms with Gasteiger partial charge in [-0.15, -0.1) is 0 Å². The Hall–Kier alpha value is -3.62. The van der Waals surface area contributed by atoms with E-state index in [4.69, 9.17) is 22.9 Å². The second-order valence-corrected chi connectivity index (χ2v) is 9.70. The van der Waals surface area contributed by atoms with Gasteiger partial charge in [-0.1, -0.05) is 13.8 Å². The minimum Gasteiger partial charge on any atom is -0.480 e. The molecule has 1 heterocycles. The maximum Gasteiger partial charge on any atom is 0.326 e. The highest BCUT2D eigenvalue weighted by atomic mass is 16.4. The average Bonchev–Trinajstić information content (AvgIpc) is 3.36. The molecule has 13 N–H and O–H groups in total. The predicted molar refractivity (Wildman–Crippen MR) is 144 cm³/mol. The summed E-state index contributed by atoms with van der Waals surface area (Å²) in [5.41, 5.74) is 21.3. The van der Waals surface area contributed by atoms with Crippen LogP contribution in [0.3, 0.4) is 0 Å². The number of nitrogens with one attached hydrogen (secondary N) is 4. The Balaban J connectivity index is 2.95. The molecule has 38 heavy (non-hydrogen) atoms. The summed E-state index contributed by atoms with van der Waals surface area (Å²) in [5.74, 6) is -2.86. The first-order valence-electron chi connectivity index (χ1n) is 12.9. The zero-order valence-electron chi connectivity index (χ0n) is 22.2. The number of rotatable bonds is 17. The molecule has 15 nitrogen and oxygen atoms in total. The lowest BCUT2D eigenvalue weighted by Gasteiger charge is -2.26. The molecule has 0 bridgehead atoms. The minimum atomic E-state index is -1.23. The molecular formula is C23H44N10O5. The second kappa shape index (κ2) is 17.0. The number of aliphatic imine (C=N–C) groups is 2. The Labute approximate surface area is 223 Å². The number of nitrogens with two attached hydrogens (primary N) is 4. The third-order valence-electron chi connectivity index (χ3n) is 5.86. The molecule has 216 valence electrons. The van der Waals surface area contributed by atoms with Crippen LogP contribution in [-0.4, -0.2) is 84.5 Å². The number of hydrogen-bond acceptors (Lipinski definition) is 7. The monoisotopic (exact) mass is 540 g/mol. The average molecular weight is 541 g/mol. The van der Waals surface area contributed by atoms with Gasteiger partial charge in [0.1, 0.15) is 18.1 Å². The molecule has 4 unspecified atom stereocenters. The van der Waals surface area contributed by atoms with Crippen molar-refractivity contribution in [2.75, 3.05) is 19.6 Å². The fraction of sp³-hybridized carbons (Fsp3) is 0.739. The van der Waals surface area contributed by atoms with Crippen molar-refractivity contribution < 1.29 is 24.3 Å². The summed E-state index contributed by atoms with van der Waals surface area (Å²) in [6, 6.07) is -3.53. The van der Waals surface area contributed by atoms with Gasteiger partial charge in [0.25, 0.3) is 0 Å². The molecule has 0 spiro atoms. The van der Waals surface area contributed by atoms with Crippen LogP contribution in [0.1, 0.15) is 58.8 Å². The lowest BCUT2D eigenvalue weighted by Crippen LogP contribution is -2.57. The van der Waals surface area contributed by atoms with Crippen molar-refractivity contribution in [2.24, 2.45) is 38.8 Å². The first kappa shape index (κ1) is 32.4. The number of carbonyl (C=O) groups is 4. The lowest BCUT2D eigenvalue weighted by atomic mass is 10.0. The molecule has 4 atom stereocenters. The van der Waals surface area contributed by atoms with Gasteiger partial charge in [-0.2, -0.15) is 0 Å². The summed E-state index contributed by atoms with van der Waals surface area (Å²) in [7, 11) is 0. The van der Waals surface area contributed by atoms with Gasteiger partial charge in [-0.05, 0) is 57.4 Å². The Morgan fingerprint density at radius 1 is 0.868 bits per heavy atom. The van der Waals surface area contributed by atoms with Crippen molar-refractivity contribution >= 4 is 35.6 Å². The quantitative estimate of drug-likeness (QED) is 0.0528. The van der Waals surface area contributed by atoms with Crippen molar-refractivity contribution in [3.63, 3.8) is 0 Å². The first-order chi connectivity index (χ1) is 17.9. The molecule has 0 saturated carbocycles. The molecule has 0 aromatic carbocycles. The van der Waals surface area contributed by atoms with Gasteiger partial charge in [0.15, 0.2) is 11.9 Å². The van der Waals surface area contributed by atoms with Crippen LogP contribution in [0.25, 0.3) is 0 Å². The van der Waals surface area contributed by atoms with E-state index < -0.39 is 35.9 Å². The molecule has 3 amide bonds. The second-order valence-electron chi connectivity index (χ2n) is 9.70. The molecule has 1 rings (SSSR count). The Bertz CT molecular complexity index is 850. The van der Waals surface area contributed by atoms with E-state index in [-0.39, 0.29) is 55.7 Å². The summed E-state index contributed by atoms with van der Waals surface area (Å²) >= 11 is 0. The molecule has 0 aliphatic carbocycles. The van der Waals surface area contributed by atoms with Gasteiger partial charge in [0, 0.05) is 13.1 Å². The Morgan fingerprint density at radius 2 is 1.39 bits per heavy atom. The third kappa shape index (κ3) is 13.1. The molecule has 1 fully saturated rings. The van der Waals surface area contributed by atoms with Crippen LogP contribution in [0.2, 0.25) is 0 Å². The van der Waals surface area contributed by atoms with Crippen LogP contribution < -0.4 is 44.2 Å². The van der Waals surface area contributed by atoms with Crippen LogP contribution in [0.4, 0.5) is 0 Å². The fourth-order valence-corrected chi connectivity index (χ4v) is 3.96. The van der Waals surface area contributed by atoms with Crippen molar-refractivity contribution in [2.45, 2.75) is 83.0 Å². The summed E-state index contributed by atoms with van der Waals surface area (Å²) in [4.78, 5) is 58.4. The topological polar surface area (TPSA) is 265 Å². The van der Waals surface area contributed by atoms with Crippen LogP contribution in [0.5, 0.6) is 0 Å². The first-order valence-corrected chi connectivity index (χ1v) is 12.9. The standard InChI is InChI=1S/C23H44N10O5/c1-13(2)12-17(33-18(34)14-6-3-9-28-14)20(36)31-15(7-4-10-29-22(24)25)19(35)32-16(21(37)38)8-5-11-30-23(26)27/h13-17,28H,3-12H2,1-2H3,(H,31,36)(H,32,35)(H,33,34)(H,37,38)(H4,24,25,29)(H4,26,27,30). The molecule has 1 saturated heterocycles. The number of guanidine groups is 2. The van der Waals surface area contributed by atoms with Gasteiger partial charge in [0.05, 0.1) is 6.04 Å². The lowest BCUT2D eigenvalue weighted by molar-refractivity contribution is -0.142. The van der Waals surface area contributed by atoms with Crippen molar-refractivity contribution in [1.82, 2.24) is 21.3 Å². The van der Waals surface area contributed by atoms with Gasteiger partial charge < -0.3 is 49.3 Å². The zero-order chi connectivity index (χ0) is 28.7. The highest BCUT2D eigenvalue weighted by Gasteiger charge is 2.31. The zero-order valence-corrected chi connectivity index (χ0v) is 22.2. The maximum absolute atomic E-state index is 13.2. The van der Waals surface area contributed by atoms with Crippen LogP contribution >= 0.6 is 0 Å². The van der Waals surface area contributed by atoms with Crippen LogP contribution in [0.15, 0.2) is 9.98 Å². The Kier molecular flexibility index (Phi) is 14.5. The molecule has 0 aromatic heterocycles. The van der Waals surface area contributed by atoms with Crippen molar-refractivity contribution in [3.8, 4) is 0 Å². The van der Waals surface area contributed by atoms with Gasteiger partial charge in [-0.25, -0.2) is 4.79 Å². The van der Waals surface area contributed by atoms with Gasteiger partial charge >= 0.3 is 5.97 Å². The molecule has 15 heteroatoms. The van der Waals surface area contributed by atoms with E-state index in [1.807, 2.05) is 13.8 Å². The molecule has 1 aliphatic heterocycles. The van der Waals surface area contributed by atoms with E-state index in [1.165, 1.54) is 0 Å². The van der Waals surface area contributed by atoms with E-state index >= 15 is 0 Å². The van der Waals surface area contributed by atoms with Crippen molar-refractivity contribution in [3.05, 3.63) is 0 Å². The normalized spacial score (nSPS) is 17.1. The summed E-state index contributed by atoms with van der Waals surface area (Å²) < 4.78 is 0. The van der Waals surface area contributed by atoms with Gasteiger partial charge in [0.2, 0.25) is 17.7 Å². The number of carboxylic acids is 1. The Morgan fingerprint density at radius 3 is 1.87 bits per heavy atom. The van der Waals surface area contributed by atoms with E-state index in [2.05, 4.69) is 31.3 Å². The van der Waals surface area contributed by atoms with E-state index in [0.717, 1.165) is 13.0 Å². The third-order valence-corrected chi connectivity index (χ3v) is 5.86. The molecular weight excluding hydrogens is 496 g/mol. The predicted octanol–water partition coefficient (Wildman–Crippen LogP) is -2.57. The van der Waals surface area contributed by atoms with E-state index in [1.54, 1.807) is 0 Å². The minimum absolute atomic E-state index is 0.0763. The summed E-state index contributed by atoms with van der Waals surface area (Å²) in [6.45, 7) is 4.97. The summed E-state index contributed by atoms with van der Waals surface area (Å²) in [5, 5.41) is 20.6. The summed E-state index contributed by atoms with van der Waals surface area (Å²) in [6.07, 6.45) is 2.77. The fourth-order valence-electron chi connectivity index (χ4n) is 3.96. The van der Waals surface area contributed by atoms with Gasteiger partial charge in [-0.3, -0.25) is 24.4 Å². The largest absolute Gasteiger partial charge is 0.480 e. The number of carbonyl (C=O) groups excluding carboxylic acids is 3. The van der Waals surface area contributed by atoms with E-state index in [0.29, 0.717) is 25.7 Å². The highest BCUT2D eigenvalue weighted by molar-refractivity contribution is 5.94. The SMILES string of the molecule is CC(C)CC(NC(=O)C1CCCN1)C(=O)NC(CCCN=C(N)N)C(=O)NC(CCCN=C(N)N)C(=O)O. The number of amides is 3. The molecule has 0 radical (unpaired) electrons. The van der Waals surface area contributed by atoms with Crippen molar-refractivity contribution in [1.29, 1.82) is 0 Å². The number of carboxylic acid groups (broad SMARTS) is 1. The highest BCUT2D eigenvalue weighted by Crippen LogP contribution is 2.10. The number of nitrogens with zero attached hydrogens (tertiary/aromatic N) is 2. The smallest absolute Gasteiger partial charge is 0.326 e. The molecule has 1 aliphatic rings. The maximum atomic E-state index is 13.2. The van der Waals surface area contributed by atoms with Crippen LogP contribution in [0, 0.1) is 5.92 Å².